The standard InChI is InChI=1S/C26H18N2.Ir/c1-6-19-7-3-11-23-12-4-14-25(27-23)22-10-2-8-20(17-22)18-24-13-5-15-26(28-24)21(9-1)16-19;/h1-6,8-10,12-15,18H,7,11H2;/q-2;. The van der Waals surface area contributed by atoms with Gasteiger partial charge < -0.3 is 9.97 Å². The van der Waals surface area contributed by atoms with Crippen LogP contribution in [0.15, 0.2) is 72.8 Å². The molecule has 0 saturated heterocycles. The second-order valence-electron chi connectivity index (χ2n) is 6.91. The molecule has 0 aliphatic carbocycles. The van der Waals surface area contributed by atoms with Crippen LogP contribution in [0, 0.1) is 25.0 Å². The molecule has 0 atom stereocenters. The van der Waals surface area contributed by atoms with Gasteiger partial charge in [0.2, 0.25) is 0 Å². The fraction of sp³-hybridized carbons (Fsp3) is 0.0769. The number of benzene rings is 2. The van der Waals surface area contributed by atoms with Gasteiger partial charge in [0.15, 0.2) is 0 Å². The van der Waals surface area contributed by atoms with Crippen LogP contribution in [0.25, 0.3) is 22.5 Å². The third kappa shape index (κ3) is 4.53. The van der Waals surface area contributed by atoms with Gasteiger partial charge in [0.25, 0.3) is 0 Å². The minimum Gasteiger partial charge on any atom is -0.301 e. The predicted octanol–water partition coefficient (Wildman–Crippen LogP) is 5.31. The van der Waals surface area contributed by atoms with Gasteiger partial charge in [-0.1, -0.05) is 24.3 Å². The Balaban J connectivity index is 0.00000205. The van der Waals surface area contributed by atoms with E-state index in [0.717, 1.165) is 57.9 Å². The maximum Gasteiger partial charge on any atom is 0.0365 e. The van der Waals surface area contributed by atoms with E-state index in [2.05, 4.69) is 61.4 Å². The van der Waals surface area contributed by atoms with Crippen molar-refractivity contribution in [3.63, 3.8) is 0 Å². The first-order valence-electron chi connectivity index (χ1n) is 9.47. The average molecular weight is 551 g/mol. The van der Waals surface area contributed by atoms with Crippen molar-refractivity contribution in [2.75, 3.05) is 0 Å². The van der Waals surface area contributed by atoms with E-state index in [0.29, 0.717) is 0 Å². The second kappa shape index (κ2) is 8.82. The van der Waals surface area contributed by atoms with Gasteiger partial charge in [-0.05, 0) is 42.8 Å². The smallest absolute Gasteiger partial charge is 0.0365 e. The molecule has 0 unspecified atom stereocenters. The number of rotatable bonds is 0. The van der Waals surface area contributed by atoms with Crippen LogP contribution in [-0.2, 0) is 32.9 Å². The van der Waals surface area contributed by atoms with E-state index in [1.165, 1.54) is 0 Å². The third-order valence-corrected chi connectivity index (χ3v) is 4.82. The number of aromatic nitrogens is 2. The molecule has 29 heavy (non-hydrogen) atoms. The molecule has 1 aliphatic heterocycles. The Bertz CT molecular complexity index is 1050. The van der Waals surface area contributed by atoms with Crippen LogP contribution in [0.1, 0.15) is 22.5 Å². The van der Waals surface area contributed by atoms with E-state index in [4.69, 9.17) is 9.97 Å². The molecular formula is C26H18IrN2-2. The van der Waals surface area contributed by atoms with Crippen molar-refractivity contribution < 1.29 is 20.1 Å². The Morgan fingerprint density at radius 3 is 2.28 bits per heavy atom. The minimum atomic E-state index is 0. The summed E-state index contributed by atoms with van der Waals surface area (Å²) in [5.74, 6) is 0. The topological polar surface area (TPSA) is 25.8 Å². The number of fused-ring (bicyclic) bond motifs is 10. The summed E-state index contributed by atoms with van der Waals surface area (Å²) < 4.78 is 0. The Morgan fingerprint density at radius 1 is 0.655 bits per heavy atom. The zero-order chi connectivity index (χ0) is 18.8. The maximum atomic E-state index is 4.83. The molecule has 5 rings (SSSR count). The molecule has 0 N–H and O–H groups in total. The molecule has 8 bridgehead atoms. The van der Waals surface area contributed by atoms with E-state index in [1.54, 1.807) is 0 Å². The molecule has 0 amide bonds. The molecule has 2 nitrogen and oxygen atoms in total. The van der Waals surface area contributed by atoms with Gasteiger partial charge in [-0.3, -0.25) is 0 Å². The first kappa shape index (κ1) is 19.7. The number of nitrogens with zero attached hydrogens (tertiary/aromatic N) is 2. The molecule has 4 aromatic rings. The average Bonchev–Trinajstić information content (AvgIpc) is 2.74. The summed E-state index contributed by atoms with van der Waals surface area (Å²) in [5, 5.41) is 0. The number of hydrogen-bond acceptors (Lipinski definition) is 2. The quantitative estimate of drug-likeness (QED) is 0.277. The molecule has 0 saturated carbocycles. The molecule has 143 valence electrons. The molecular weight excluding hydrogens is 533 g/mol. The van der Waals surface area contributed by atoms with E-state index in [1.807, 2.05) is 36.4 Å². The number of hydrogen-bond donors (Lipinski definition) is 0. The van der Waals surface area contributed by atoms with Gasteiger partial charge in [0, 0.05) is 37.9 Å². The van der Waals surface area contributed by atoms with Crippen molar-refractivity contribution in [2.24, 2.45) is 0 Å². The van der Waals surface area contributed by atoms with E-state index >= 15 is 0 Å². The molecule has 1 aliphatic rings. The van der Waals surface area contributed by atoms with E-state index in [-0.39, 0.29) is 20.1 Å². The fourth-order valence-electron chi connectivity index (χ4n) is 3.47. The molecule has 3 heterocycles. The van der Waals surface area contributed by atoms with Gasteiger partial charge in [0.1, 0.15) is 0 Å². The summed E-state index contributed by atoms with van der Waals surface area (Å²) in [6, 6.07) is 31.7. The number of pyridine rings is 2. The summed E-state index contributed by atoms with van der Waals surface area (Å²) in [7, 11) is 0. The first-order valence-corrected chi connectivity index (χ1v) is 9.47. The normalized spacial score (nSPS) is 12.7. The van der Waals surface area contributed by atoms with Gasteiger partial charge >= 0.3 is 0 Å². The van der Waals surface area contributed by atoms with E-state index in [9.17, 15) is 0 Å². The summed E-state index contributed by atoms with van der Waals surface area (Å²) in [6.45, 7) is 0. The fourth-order valence-corrected chi connectivity index (χ4v) is 3.47. The molecule has 3 heteroatoms. The van der Waals surface area contributed by atoms with Crippen molar-refractivity contribution in [1.29, 1.82) is 0 Å². The summed E-state index contributed by atoms with van der Waals surface area (Å²) >= 11 is 0. The second-order valence-corrected chi connectivity index (χ2v) is 6.91. The van der Waals surface area contributed by atoms with Gasteiger partial charge in [-0.25, -0.2) is 0 Å². The van der Waals surface area contributed by atoms with E-state index < -0.39 is 0 Å². The van der Waals surface area contributed by atoms with Crippen molar-refractivity contribution >= 4 is 0 Å². The largest absolute Gasteiger partial charge is 0.301 e. The Labute approximate surface area is 185 Å². The minimum absolute atomic E-state index is 0. The molecule has 3 radical (unpaired) electrons. The summed E-state index contributed by atoms with van der Waals surface area (Å²) in [6.07, 6.45) is 5.99. The van der Waals surface area contributed by atoms with Gasteiger partial charge in [0.05, 0.1) is 0 Å². The monoisotopic (exact) mass is 551 g/mol. The molecule has 2 aromatic heterocycles. The first-order chi connectivity index (χ1) is 13.8. The van der Waals surface area contributed by atoms with Crippen LogP contribution in [0.4, 0.5) is 0 Å². The zero-order valence-electron chi connectivity index (χ0n) is 15.7. The van der Waals surface area contributed by atoms with Crippen LogP contribution in [0.5, 0.6) is 0 Å². The van der Waals surface area contributed by atoms with Gasteiger partial charge in [-0.2, -0.15) is 0 Å². The van der Waals surface area contributed by atoms with Crippen molar-refractivity contribution in [1.82, 2.24) is 9.97 Å². The predicted molar refractivity (Wildman–Crippen MR) is 111 cm³/mol. The van der Waals surface area contributed by atoms with Crippen molar-refractivity contribution in [2.45, 2.75) is 12.8 Å². The molecule has 0 fully saturated rings. The van der Waals surface area contributed by atoms with Crippen LogP contribution in [0.2, 0.25) is 0 Å². The van der Waals surface area contributed by atoms with Crippen LogP contribution in [-0.4, -0.2) is 9.97 Å². The Hall–Kier alpha value is -2.61. The van der Waals surface area contributed by atoms with Crippen LogP contribution in [0.3, 0.4) is 0 Å². The Kier molecular flexibility index (Phi) is 5.99. The van der Waals surface area contributed by atoms with Crippen molar-refractivity contribution in [3.05, 3.63) is 120 Å². The summed E-state index contributed by atoms with van der Waals surface area (Å²) in [5.41, 5.74) is 8.03. The Morgan fingerprint density at radius 2 is 1.38 bits per heavy atom. The molecule has 0 spiro atoms. The molecule has 2 aromatic carbocycles. The maximum absolute atomic E-state index is 4.83. The van der Waals surface area contributed by atoms with Crippen LogP contribution >= 0.6 is 0 Å². The third-order valence-electron chi connectivity index (χ3n) is 4.82. The zero-order valence-corrected chi connectivity index (χ0v) is 18.1. The van der Waals surface area contributed by atoms with Gasteiger partial charge in [-0.15, -0.1) is 70.8 Å². The van der Waals surface area contributed by atoms with Crippen LogP contribution < -0.4 is 0 Å². The van der Waals surface area contributed by atoms with Crippen molar-refractivity contribution in [3.8, 4) is 22.5 Å². The summed E-state index contributed by atoms with van der Waals surface area (Å²) in [4.78, 5) is 9.65. The SMILES string of the molecule is [Ir].[c-]1c2cccc1-c1cccc(n1)[CH]c1[c-]c(ccc1)-c1cccc(n1)C[CH]C2.